The molecule has 0 aromatic carbocycles. The number of nitrogens with zero attached hydrogens (tertiary/aromatic N) is 1. The molecule has 1 aliphatic rings. The van der Waals surface area contributed by atoms with Gasteiger partial charge in [0.1, 0.15) is 0 Å². The van der Waals surface area contributed by atoms with Crippen LogP contribution in [0.15, 0.2) is 18.3 Å². The molecule has 17 heavy (non-hydrogen) atoms. The van der Waals surface area contributed by atoms with Crippen molar-refractivity contribution in [2.75, 3.05) is 13.1 Å². The van der Waals surface area contributed by atoms with Gasteiger partial charge in [-0.15, -0.1) is 0 Å². The van der Waals surface area contributed by atoms with Crippen molar-refractivity contribution in [2.24, 2.45) is 5.92 Å². The summed E-state index contributed by atoms with van der Waals surface area (Å²) < 4.78 is 26.1. The normalized spacial score (nSPS) is 25.9. The third-order valence-corrected chi connectivity index (χ3v) is 3.46. The van der Waals surface area contributed by atoms with E-state index in [1.54, 1.807) is 6.07 Å². The number of rotatable bonds is 2. The van der Waals surface area contributed by atoms with Crippen molar-refractivity contribution >= 4 is 0 Å². The van der Waals surface area contributed by atoms with Crippen LogP contribution in [0.1, 0.15) is 37.4 Å². The summed E-state index contributed by atoms with van der Waals surface area (Å²) in [5, 5.41) is 3.32. The second-order valence-electron chi connectivity index (χ2n) is 4.94. The van der Waals surface area contributed by atoms with Gasteiger partial charge in [0.25, 0.3) is 5.92 Å². The quantitative estimate of drug-likeness (QED) is 0.859. The molecule has 0 amide bonds. The monoisotopic (exact) mass is 240 g/mol. The minimum Gasteiger partial charge on any atom is -0.316 e. The van der Waals surface area contributed by atoms with Gasteiger partial charge in [-0.2, -0.15) is 0 Å². The van der Waals surface area contributed by atoms with Crippen LogP contribution in [0.2, 0.25) is 0 Å². The Kier molecular flexibility index (Phi) is 3.43. The van der Waals surface area contributed by atoms with Crippen LogP contribution in [0, 0.1) is 5.92 Å². The molecule has 2 nitrogen and oxygen atoms in total. The van der Waals surface area contributed by atoms with Crippen molar-refractivity contribution in [1.29, 1.82) is 0 Å². The van der Waals surface area contributed by atoms with Gasteiger partial charge in [-0.05, 0) is 37.6 Å². The summed E-state index contributed by atoms with van der Waals surface area (Å²) in [6.45, 7) is 5.01. The molecule has 1 aromatic rings. The Morgan fingerprint density at radius 1 is 1.41 bits per heavy atom. The highest BCUT2D eigenvalue weighted by Crippen LogP contribution is 2.31. The zero-order chi connectivity index (χ0) is 12.5. The van der Waals surface area contributed by atoms with E-state index in [4.69, 9.17) is 0 Å². The molecule has 0 radical (unpaired) electrons. The van der Waals surface area contributed by atoms with E-state index in [9.17, 15) is 8.78 Å². The number of aromatic nitrogens is 1. The Hall–Kier alpha value is -1.03. The van der Waals surface area contributed by atoms with Crippen molar-refractivity contribution < 1.29 is 8.78 Å². The smallest absolute Gasteiger partial charge is 0.272 e. The van der Waals surface area contributed by atoms with E-state index in [0.29, 0.717) is 11.8 Å². The summed E-state index contributed by atoms with van der Waals surface area (Å²) in [6.07, 6.45) is 2.33. The Morgan fingerprint density at radius 3 is 2.71 bits per heavy atom. The van der Waals surface area contributed by atoms with E-state index >= 15 is 0 Å². The predicted octanol–water partition coefficient (Wildman–Crippen LogP) is 2.91. The average Bonchev–Trinajstić information content (AvgIpc) is 2.29. The van der Waals surface area contributed by atoms with E-state index in [-0.39, 0.29) is 5.56 Å². The molecule has 1 aromatic heterocycles. The number of hydrogen-bond acceptors (Lipinski definition) is 2. The van der Waals surface area contributed by atoms with Crippen molar-refractivity contribution in [3.05, 3.63) is 29.6 Å². The molecule has 94 valence electrons. The highest BCUT2D eigenvalue weighted by Gasteiger charge is 2.27. The van der Waals surface area contributed by atoms with Crippen LogP contribution in [-0.2, 0) is 5.92 Å². The third-order valence-electron chi connectivity index (χ3n) is 3.46. The first-order valence-electron chi connectivity index (χ1n) is 6.03. The van der Waals surface area contributed by atoms with Crippen molar-refractivity contribution in [1.82, 2.24) is 10.3 Å². The molecule has 2 heterocycles. The second-order valence-corrected chi connectivity index (χ2v) is 4.94. The summed E-state index contributed by atoms with van der Waals surface area (Å²) in [6, 6.07) is 3.25. The number of hydrogen-bond donors (Lipinski definition) is 1. The minimum atomic E-state index is -2.80. The Balaban J connectivity index is 2.17. The lowest BCUT2D eigenvalue weighted by Crippen LogP contribution is -2.34. The summed E-state index contributed by atoms with van der Waals surface area (Å²) in [4.78, 5) is 4.21. The van der Waals surface area contributed by atoms with Gasteiger partial charge >= 0.3 is 0 Å². The summed E-state index contributed by atoms with van der Waals surface area (Å²) in [7, 11) is 0. The fourth-order valence-corrected chi connectivity index (χ4v) is 2.34. The number of piperidine rings is 1. The van der Waals surface area contributed by atoms with E-state index in [1.165, 1.54) is 12.3 Å². The van der Waals surface area contributed by atoms with Gasteiger partial charge in [0, 0.05) is 30.3 Å². The maximum Gasteiger partial charge on any atom is 0.272 e. The SMILES string of the molecule is CC1CNCCC1c1ccc(C(C)(F)F)cn1. The van der Waals surface area contributed by atoms with Gasteiger partial charge in [0.2, 0.25) is 0 Å². The van der Waals surface area contributed by atoms with Gasteiger partial charge in [0.05, 0.1) is 0 Å². The summed E-state index contributed by atoms with van der Waals surface area (Å²) in [5.74, 6) is -1.91. The van der Waals surface area contributed by atoms with Crippen LogP contribution in [0.3, 0.4) is 0 Å². The summed E-state index contributed by atoms with van der Waals surface area (Å²) >= 11 is 0. The molecular weight excluding hydrogens is 222 g/mol. The molecule has 2 atom stereocenters. The summed E-state index contributed by atoms with van der Waals surface area (Å²) in [5.41, 5.74) is 0.926. The lowest BCUT2D eigenvalue weighted by atomic mass is 9.85. The standard InChI is InChI=1S/C13H18F2N2/c1-9-7-16-6-5-11(9)12-4-3-10(8-17-12)13(2,14)15/h3-4,8-9,11,16H,5-7H2,1-2H3. The van der Waals surface area contributed by atoms with Crippen LogP contribution in [0.4, 0.5) is 8.78 Å². The first-order valence-corrected chi connectivity index (χ1v) is 6.03. The van der Waals surface area contributed by atoms with Gasteiger partial charge < -0.3 is 5.32 Å². The Bertz CT molecular complexity index is 370. The molecule has 4 heteroatoms. The molecule has 0 spiro atoms. The van der Waals surface area contributed by atoms with Crippen LogP contribution < -0.4 is 5.32 Å². The number of nitrogens with one attached hydrogen (secondary N) is 1. The van der Waals surface area contributed by atoms with E-state index in [1.807, 2.05) is 0 Å². The molecule has 1 fully saturated rings. The molecule has 2 rings (SSSR count). The van der Waals surface area contributed by atoms with Gasteiger partial charge in [-0.3, -0.25) is 4.98 Å². The first-order chi connectivity index (χ1) is 7.98. The molecule has 0 aliphatic carbocycles. The zero-order valence-electron chi connectivity index (χ0n) is 10.2. The molecular formula is C13H18F2N2. The van der Waals surface area contributed by atoms with Gasteiger partial charge in [-0.1, -0.05) is 6.92 Å². The fraction of sp³-hybridized carbons (Fsp3) is 0.615. The van der Waals surface area contributed by atoms with Crippen LogP contribution in [0.5, 0.6) is 0 Å². The molecule has 0 bridgehead atoms. The lowest BCUT2D eigenvalue weighted by Gasteiger charge is -2.29. The highest BCUT2D eigenvalue weighted by molar-refractivity contribution is 5.21. The highest BCUT2D eigenvalue weighted by atomic mass is 19.3. The Morgan fingerprint density at radius 2 is 2.18 bits per heavy atom. The molecule has 1 saturated heterocycles. The molecule has 0 saturated carbocycles. The fourth-order valence-electron chi connectivity index (χ4n) is 2.34. The maximum absolute atomic E-state index is 13.1. The van der Waals surface area contributed by atoms with Crippen molar-refractivity contribution in [3.63, 3.8) is 0 Å². The predicted molar refractivity (Wildman–Crippen MR) is 63.2 cm³/mol. The second kappa shape index (κ2) is 4.69. The molecule has 2 unspecified atom stereocenters. The van der Waals surface area contributed by atoms with Crippen LogP contribution in [0.25, 0.3) is 0 Å². The largest absolute Gasteiger partial charge is 0.316 e. The minimum absolute atomic E-state index is 0.0113. The van der Waals surface area contributed by atoms with E-state index < -0.39 is 5.92 Å². The maximum atomic E-state index is 13.1. The number of pyridine rings is 1. The van der Waals surface area contributed by atoms with Gasteiger partial charge in [0.15, 0.2) is 0 Å². The number of alkyl halides is 2. The van der Waals surface area contributed by atoms with Crippen molar-refractivity contribution in [2.45, 2.75) is 32.1 Å². The Labute approximate surface area is 100 Å². The van der Waals surface area contributed by atoms with E-state index in [2.05, 4.69) is 17.2 Å². The van der Waals surface area contributed by atoms with Crippen molar-refractivity contribution in [3.8, 4) is 0 Å². The zero-order valence-corrected chi connectivity index (χ0v) is 10.2. The topological polar surface area (TPSA) is 24.9 Å². The first kappa shape index (κ1) is 12.4. The number of halogens is 2. The van der Waals surface area contributed by atoms with Crippen LogP contribution in [-0.4, -0.2) is 18.1 Å². The molecule has 1 aliphatic heterocycles. The molecule has 1 N–H and O–H groups in total. The third kappa shape index (κ3) is 2.80. The van der Waals surface area contributed by atoms with E-state index in [0.717, 1.165) is 32.1 Å². The average molecular weight is 240 g/mol. The van der Waals surface area contributed by atoms with Crippen LogP contribution >= 0.6 is 0 Å². The lowest BCUT2D eigenvalue weighted by molar-refractivity contribution is 0.0170. The van der Waals surface area contributed by atoms with Gasteiger partial charge in [-0.25, -0.2) is 8.78 Å².